The number of aryl methyl sites for hydroxylation is 1. The number of nitrogens with zero attached hydrogens (tertiary/aromatic N) is 2. The molecular formula is C22H25FN4O3. The Bertz CT molecular complexity index is 1010. The zero-order valence-electron chi connectivity index (χ0n) is 17.0. The molecule has 0 aliphatic carbocycles. The lowest BCUT2D eigenvalue weighted by molar-refractivity contribution is -0.120. The van der Waals surface area contributed by atoms with Crippen LogP contribution in [-0.4, -0.2) is 28.6 Å². The Hall–Kier alpha value is -3.39. The van der Waals surface area contributed by atoms with E-state index in [1.165, 1.54) is 6.07 Å². The van der Waals surface area contributed by atoms with Crippen molar-refractivity contribution in [3.8, 4) is 11.5 Å². The van der Waals surface area contributed by atoms with Gasteiger partial charge in [0.2, 0.25) is 5.91 Å². The number of halogens is 1. The lowest BCUT2D eigenvalue weighted by Gasteiger charge is -2.17. The first-order valence-corrected chi connectivity index (χ1v) is 9.49. The molecule has 0 spiro atoms. The molecule has 7 nitrogen and oxygen atoms in total. The number of imidazole rings is 1. The number of hydrogen-bond acceptors (Lipinski definition) is 5. The van der Waals surface area contributed by atoms with Gasteiger partial charge in [0, 0.05) is 43.4 Å². The molecule has 0 saturated carbocycles. The van der Waals surface area contributed by atoms with Gasteiger partial charge in [-0.05, 0) is 12.1 Å². The van der Waals surface area contributed by atoms with Crippen LogP contribution >= 0.6 is 0 Å². The van der Waals surface area contributed by atoms with Crippen molar-refractivity contribution in [2.45, 2.75) is 25.6 Å². The van der Waals surface area contributed by atoms with Crippen LogP contribution in [0.4, 0.5) is 4.39 Å². The van der Waals surface area contributed by atoms with Crippen LogP contribution in [0.25, 0.3) is 0 Å². The van der Waals surface area contributed by atoms with Gasteiger partial charge in [-0.15, -0.1) is 0 Å². The van der Waals surface area contributed by atoms with Crippen LogP contribution in [0.1, 0.15) is 16.8 Å². The summed E-state index contributed by atoms with van der Waals surface area (Å²) in [7, 11) is 3.42. The summed E-state index contributed by atoms with van der Waals surface area (Å²) in [6.45, 7) is 0.485. The molecule has 1 amide bonds. The van der Waals surface area contributed by atoms with Gasteiger partial charge in [0.05, 0.1) is 25.2 Å². The van der Waals surface area contributed by atoms with E-state index in [-0.39, 0.29) is 12.4 Å². The summed E-state index contributed by atoms with van der Waals surface area (Å²) in [5.74, 6) is 0.383. The van der Waals surface area contributed by atoms with E-state index in [1.807, 2.05) is 23.9 Å². The van der Waals surface area contributed by atoms with Gasteiger partial charge in [0.25, 0.3) is 0 Å². The van der Waals surface area contributed by atoms with E-state index in [9.17, 15) is 9.18 Å². The number of carbonyl (C=O) groups excluding carboxylic acids is 1. The van der Waals surface area contributed by atoms with Crippen LogP contribution in [0.3, 0.4) is 0 Å². The fourth-order valence-electron chi connectivity index (χ4n) is 3.03. The molecule has 158 valence electrons. The third kappa shape index (κ3) is 5.57. The molecule has 1 atom stereocenters. The van der Waals surface area contributed by atoms with Crippen molar-refractivity contribution in [3.63, 3.8) is 0 Å². The number of carbonyl (C=O) groups is 1. The Morgan fingerprint density at radius 1 is 1.27 bits per heavy atom. The van der Waals surface area contributed by atoms with Crippen LogP contribution < -0.4 is 20.5 Å². The summed E-state index contributed by atoms with van der Waals surface area (Å²) < 4.78 is 26.7. The average Bonchev–Trinajstić information content (AvgIpc) is 3.15. The smallest absolute Gasteiger partial charge is 0.234 e. The third-order valence-electron chi connectivity index (χ3n) is 4.66. The minimum absolute atomic E-state index is 0.112. The molecule has 1 aromatic heterocycles. The zero-order valence-corrected chi connectivity index (χ0v) is 17.0. The highest BCUT2D eigenvalue weighted by Gasteiger charge is 2.18. The molecule has 3 N–H and O–H groups in total. The van der Waals surface area contributed by atoms with E-state index in [0.29, 0.717) is 30.0 Å². The minimum atomic E-state index is -0.568. The number of primary amides is 1. The molecule has 1 heterocycles. The second kappa shape index (κ2) is 9.89. The van der Waals surface area contributed by atoms with Crippen molar-refractivity contribution in [3.05, 3.63) is 77.6 Å². The summed E-state index contributed by atoms with van der Waals surface area (Å²) in [6, 6.07) is 11.2. The molecule has 0 radical (unpaired) electrons. The van der Waals surface area contributed by atoms with E-state index in [2.05, 4.69) is 10.3 Å². The molecule has 0 fully saturated rings. The van der Waals surface area contributed by atoms with Gasteiger partial charge in [-0.25, -0.2) is 9.37 Å². The van der Waals surface area contributed by atoms with E-state index >= 15 is 0 Å². The fraction of sp³-hybridized carbons (Fsp3) is 0.273. The number of nitrogens with two attached hydrogens (primary N) is 1. The van der Waals surface area contributed by atoms with Crippen molar-refractivity contribution >= 4 is 5.91 Å². The van der Waals surface area contributed by atoms with Gasteiger partial charge in [0.1, 0.15) is 23.9 Å². The topological polar surface area (TPSA) is 91.4 Å². The predicted octanol–water partition coefficient (Wildman–Crippen LogP) is 2.33. The maximum atomic E-state index is 13.7. The highest BCUT2D eigenvalue weighted by Crippen LogP contribution is 2.25. The summed E-state index contributed by atoms with van der Waals surface area (Å²) in [4.78, 5) is 16.1. The molecular weight excluding hydrogens is 387 g/mol. The summed E-state index contributed by atoms with van der Waals surface area (Å²) in [5, 5.41) is 3.16. The summed E-state index contributed by atoms with van der Waals surface area (Å²) in [6.07, 6.45) is 3.92. The molecule has 0 bridgehead atoms. The molecule has 8 heteroatoms. The SMILES string of the molecule is COc1cc(OCc2ccccc2F)ccc1CNC(Cc1cn(C)cn1)C(N)=O. The highest BCUT2D eigenvalue weighted by atomic mass is 19.1. The second-order valence-corrected chi connectivity index (χ2v) is 6.92. The monoisotopic (exact) mass is 412 g/mol. The van der Waals surface area contributed by atoms with Gasteiger partial charge in [-0.1, -0.05) is 24.3 Å². The van der Waals surface area contributed by atoms with Crippen molar-refractivity contribution in [1.29, 1.82) is 0 Å². The van der Waals surface area contributed by atoms with E-state index < -0.39 is 11.9 Å². The lowest BCUT2D eigenvalue weighted by atomic mass is 10.1. The molecule has 0 saturated heterocycles. The molecule has 0 aliphatic heterocycles. The Balaban J connectivity index is 1.63. The Kier molecular flexibility index (Phi) is 7.03. The third-order valence-corrected chi connectivity index (χ3v) is 4.66. The van der Waals surface area contributed by atoms with Crippen LogP contribution in [0.5, 0.6) is 11.5 Å². The van der Waals surface area contributed by atoms with Gasteiger partial charge >= 0.3 is 0 Å². The molecule has 0 aliphatic rings. The fourth-order valence-corrected chi connectivity index (χ4v) is 3.03. The lowest BCUT2D eigenvalue weighted by Crippen LogP contribution is -2.42. The molecule has 30 heavy (non-hydrogen) atoms. The molecule has 3 rings (SSSR count). The Labute approximate surface area is 174 Å². The summed E-state index contributed by atoms with van der Waals surface area (Å²) in [5.41, 5.74) is 7.62. The molecule has 1 unspecified atom stereocenters. The molecule has 2 aromatic carbocycles. The molecule has 3 aromatic rings. The Morgan fingerprint density at radius 2 is 2.07 bits per heavy atom. The first-order chi connectivity index (χ1) is 14.5. The van der Waals surface area contributed by atoms with Gasteiger partial charge in [-0.2, -0.15) is 0 Å². The number of hydrogen-bond donors (Lipinski definition) is 2. The van der Waals surface area contributed by atoms with Crippen molar-refractivity contribution in [2.75, 3.05) is 7.11 Å². The Morgan fingerprint density at radius 3 is 2.73 bits per heavy atom. The maximum absolute atomic E-state index is 13.7. The first-order valence-electron chi connectivity index (χ1n) is 9.49. The van der Waals surface area contributed by atoms with Crippen molar-refractivity contribution in [2.24, 2.45) is 12.8 Å². The maximum Gasteiger partial charge on any atom is 0.234 e. The average molecular weight is 412 g/mol. The van der Waals surface area contributed by atoms with E-state index in [0.717, 1.165) is 11.3 Å². The minimum Gasteiger partial charge on any atom is -0.496 e. The number of methoxy groups -OCH3 is 1. The van der Waals surface area contributed by atoms with Crippen LogP contribution in [0, 0.1) is 5.82 Å². The zero-order chi connectivity index (χ0) is 21.5. The predicted molar refractivity (Wildman–Crippen MR) is 110 cm³/mol. The largest absolute Gasteiger partial charge is 0.496 e. The number of rotatable bonds is 10. The number of ether oxygens (including phenoxy) is 2. The number of benzene rings is 2. The summed E-state index contributed by atoms with van der Waals surface area (Å²) >= 11 is 0. The number of amides is 1. The van der Waals surface area contributed by atoms with E-state index in [1.54, 1.807) is 43.8 Å². The first kappa shape index (κ1) is 21.3. The van der Waals surface area contributed by atoms with Crippen molar-refractivity contribution in [1.82, 2.24) is 14.9 Å². The van der Waals surface area contributed by atoms with Crippen LogP contribution in [-0.2, 0) is 31.4 Å². The van der Waals surface area contributed by atoms with Gasteiger partial charge in [0.15, 0.2) is 0 Å². The van der Waals surface area contributed by atoms with Crippen molar-refractivity contribution < 1.29 is 18.7 Å². The van der Waals surface area contributed by atoms with Crippen LogP contribution in [0.2, 0.25) is 0 Å². The highest BCUT2D eigenvalue weighted by molar-refractivity contribution is 5.80. The number of nitrogens with one attached hydrogen (secondary N) is 1. The number of aromatic nitrogens is 2. The van der Waals surface area contributed by atoms with Gasteiger partial charge in [-0.3, -0.25) is 4.79 Å². The van der Waals surface area contributed by atoms with E-state index in [4.69, 9.17) is 15.2 Å². The van der Waals surface area contributed by atoms with Crippen LogP contribution in [0.15, 0.2) is 55.0 Å². The second-order valence-electron chi connectivity index (χ2n) is 6.92. The van der Waals surface area contributed by atoms with Gasteiger partial charge < -0.3 is 25.1 Å². The quantitative estimate of drug-likeness (QED) is 0.533. The standard InChI is InChI=1S/C22H25FN4O3/c1-27-12-17(26-14-27)9-20(22(24)28)25-11-15-7-8-18(10-21(15)29-2)30-13-16-5-3-4-6-19(16)23/h3-8,10,12,14,20,25H,9,11,13H2,1-2H3,(H2,24,28). The normalized spacial score (nSPS) is 11.8.